The van der Waals surface area contributed by atoms with Crippen molar-refractivity contribution in [1.29, 1.82) is 0 Å². The van der Waals surface area contributed by atoms with E-state index in [-0.39, 0.29) is 5.75 Å². The van der Waals surface area contributed by atoms with Crippen LogP contribution in [0.4, 0.5) is 0 Å². The van der Waals surface area contributed by atoms with E-state index in [1.165, 1.54) is 0 Å². The molecule has 0 aromatic carbocycles. The Bertz CT molecular complexity index is 171. The van der Waals surface area contributed by atoms with Crippen LogP contribution in [0.1, 0.15) is 32.6 Å². The highest BCUT2D eigenvalue weighted by molar-refractivity contribution is 7.91. The molecule has 0 N–H and O–H groups in total. The molecule has 0 amide bonds. The summed E-state index contributed by atoms with van der Waals surface area (Å²) in [4.78, 5) is 0. The Morgan fingerprint density at radius 1 is 1.18 bits per heavy atom. The molecule has 0 aliphatic rings. The van der Waals surface area contributed by atoms with E-state index < -0.39 is 9.84 Å². The maximum atomic E-state index is 11.1. The lowest BCUT2D eigenvalue weighted by Gasteiger charge is -2.00. The predicted octanol–water partition coefficient (Wildman–Crippen LogP) is 1.82. The van der Waals surface area contributed by atoms with Crippen LogP contribution in [0.3, 0.4) is 0 Å². The van der Waals surface area contributed by atoms with Gasteiger partial charge >= 0.3 is 0 Å². The Balaban J connectivity index is 3.56. The first-order valence-corrected chi connectivity index (χ1v) is 5.94. The normalized spacial score (nSPS) is 11.8. The number of hydrogen-bond donors (Lipinski definition) is 0. The molecule has 0 unspecified atom stereocenters. The molecule has 0 atom stereocenters. The quantitative estimate of drug-likeness (QED) is 0.580. The molecule has 0 saturated heterocycles. The van der Waals surface area contributed by atoms with E-state index in [0.29, 0.717) is 12.2 Å². The minimum Gasteiger partial charge on any atom is -0.229 e. The van der Waals surface area contributed by atoms with Crippen LogP contribution in [0.15, 0.2) is 0 Å². The van der Waals surface area contributed by atoms with Gasteiger partial charge in [0, 0.05) is 0 Å². The third-order valence-corrected chi connectivity index (χ3v) is 3.34. The molecule has 3 heteroatoms. The molecule has 11 heavy (non-hydrogen) atoms. The fourth-order valence-corrected chi connectivity index (χ4v) is 2.18. The van der Waals surface area contributed by atoms with Crippen molar-refractivity contribution < 1.29 is 8.42 Å². The van der Waals surface area contributed by atoms with Gasteiger partial charge in [0.25, 0.3) is 0 Å². The summed E-state index contributed by atoms with van der Waals surface area (Å²) in [6, 6.07) is 0. The molecule has 0 bridgehead atoms. The first-order valence-electron chi connectivity index (χ1n) is 4.12. The zero-order valence-electron chi connectivity index (χ0n) is 7.17. The van der Waals surface area contributed by atoms with Gasteiger partial charge in [0.15, 0.2) is 0 Å². The lowest BCUT2D eigenvalue weighted by Crippen LogP contribution is -2.10. The Kier molecular flexibility index (Phi) is 5.56. The fraction of sp³-hybridized carbons (Fsp3) is 0.875. The third-order valence-electron chi connectivity index (χ3n) is 1.51. The predicted molar refractivity (Wildman–Crippen MR) is 48.2 cm³/mol. The summed E-state index contributed by atoms with van der Waals surface area (Å²) in [7, 11) is -2.77. The standard InChI is InChI=1S/C8H17O2S/c1-3-5-6-8-11(9,10)7-4-2/h2-8H2,1H3. The second-order valence-electron chi connectivity index (χ2n) is 2.71. The number of hydrogen-bond acceptors (Lipinski definition) is 2. The maximum Gasteiger partial charge on any atom is 0.150 e. The van der Waals surface area contributed by atoms with E-state index in [9.17, 15) is 8.42 Å². The summed E-state index contributed by atoms with van der Waals surface area (Å²) in [6.45, 7) is 5.58. The van der Waals surface area contributed by atoms with E-state index in [4.69, 9.17) is 0 Å². The van der Waals surface area contributed by atoms with E-state index >= 15 is 0 Å². The van der Waals surface area contributed by atoms with E-state index in [2.05, 4.69) is 13.8 Å². The van der Waals surface area contributed by atoms with Gasteiger partial charge in [-0.25, -0.2) is 8.42 Å². The van der Waals surface area contributed by atoms with Gasteiger partial charge in [-0.2, -0.15) is 0 Å². The van der Waals surface area contributed by atoms with Gasteiger partial charge in [-0.15, -0.1) is 0 Å². The summed E-state index contributed by atoms with van der Waals surface area (Å²) in [6.07, 6.45) is 3.38. The molecule has 67 valence electrons. The van der Waals surface area contributed by atoms with Crippen molar-refractivity contribution in [2.24, 2.45) is 0 Å². The van der Waals surface area contributed by atoms with Gasteiger partial charge in [-0.05, 0) is 12.8 Å². The molecule has 0 aliphatic heterocycles. The minimum atomic E-state index is -2.77. The molecule has 0 heterocycles. The van der Waals surface area contributed by atoms with Gasteiger partial charge in [0.1, 0.15) is 9.84 Å². The van der Waals surface area contributed by atoms with Crippen molar-refractivity contribution in [2.75, 3.05) is 11.5 Å². The molecule has 0 spiro atoms. The average Bonchev–Trinajstić information content (AvgIpc) is 1.87. The number of unbranched alkanes of at least 4 members (excludes halogenated alkanes) is 2. The number of rotatable bonds is 6. The van der Waals surface area contributed by atoms with Gasteiger partial charge in [-0.3, -0.25) is 0 Å². The van der Waals surface area contributed by atoms with Gasteiger partial charge < -0.3 is 0 Å². The summed E-state index contributed by atoms with van der Waals surface area (Å²) in [5, 5.41) is 0. The Hall–Kier alpha value is -0.0500. The first-order chi connectivity index (χ1) is 5.12. The monoisotopic (exact) mass is 177 g/mol. The summed E-state index contributed by atoms with van der Waals surface area (Å²) in [5.74, 6) is 0.590. The van der Waals surface area contributed by atoms with Crippen molar-refractivity contribution in [3.05, 3.63) is 6.92 Å². The van der Waals surface area contributed by atoms with Crippen LogP contribution in [0.2, 0.25) is 0 Å². The molecule has 0 aliphatic carbocycles. The average molecular weight is 177 g/mol. The highest BCUT2D eigenvalue weighted by Gasteiger charge is 2.07. The van der Waals surface area contributed by atoms with E-state index in [0.717, 1.165) is 19.3 Å². The highest BCUT2D eigenvalue weighted by Crippen LogP contribution is 2.00. The first kappa shape index (κ1) is 11.0. The fourth-order valence-electron chi connectivity index (χ4n) is 0.894. The van der Waals surface area contributed by atoms with E-state index in [1.54, 1.807) is 0 Å². The minimum absolute atomic E-state index is 0.247. The van der Waals surface area contributed by atoms with Gasteiger partial charge in [0.2, 0.25) is 0 Å². The van der Waals surface area contributed by atoms with Crippen LogP contribution < -0.4 is 0 Å². The van der Waals surface area contributed by atoms with Crippen molar-refractivity contribution in [3.8, 4) is 0 Å². The topological polar surface area (TPSA) is 34.1 Å². The molecule has 0 rings (SSSR count). The van der Waals surface area contributed by atoms with Crippen LogP contribution in [0.25, 0.3) is 0 Å². The summed E-state index contributed by atoms with van der Waals surface area (Å²) >= 11 is 0. The second kappa shape index (κ2) is 5.58. The maximum absolute atomic E-state index is 11.1. The van der Waals surface area contributed by atoms with Crippen LogP contribution in [-0.2, 0) is 9.84 Å². The molecule has 0 aromatic heterocycles. The highest BCUT2D eigenvalue weighted by atomic mass is 32.2. The Labute approximate surface area is 69.9 Å². The second-order valence-corrected chi connectivity index (χ2v) is 5.02. The third kappa shape index (κ3) is 6.35. The lowest BCUT2D eigenvalue weighted by atomic mass is 10.3. The van der Waals surface area contributed by atoms with Crippen molar-refractivity contribution in [2.45, 2.75) is 32.6 Å². The molecule has 0 saturated carbocycles. The summed E-state index contributed by atoms with van der Waals surface area (Å²) < 4.78 is 22.1. The van der Waals surface area contributed by atoms with Gasteiger partial charge in [0.05, 0.1) is 11.5 Å². The number of sulfone groups is 1. The molecule has 2 nitrogen and oxygen atoms in total. The molecule has 1 radical (unpaired) electrons. The Morgan fingerprint density at radius 3 is 2.27 bits per heavy atom. The molecule has 0 aromatic rings. The summed E-state index contributed by atoms with van der Waals surface area (Å²) in [5.41, 5.74) is 0. The van der Waals surface area contributed by atoms with Crippen molar-refractivity contribution in [1.82, 2.24) is 0 Å². The molecular formula is C8H17O2S. The van der Waals surface area contributed by atoms with Crippen molar-refractivity contribution in [3.63, 3.8) is 0 Å². The van der Waals surface area contributed by atoms with Crippen LogP contribution in [-0.4, -0.2) is 19.9 Å². The van der Waals surface area contributed by atoms with Crippen LogP contribution >= 0.6 is 0 Å². The van der Waals surface area contributed by atoms with Crippen LogP contribution in [0, 0.1) is 6.92 Å². The lowest BCUT2D eigenvalue weighted by molar-refractivity contribution is 0.590. The smallest absolute Gasteiger partial charge is 0.150 e. The van der Waals surface area contributed by atoms with Crippen LogP contribution in [0.5, 0.6) is 0 Å². The molecular weight excluding hydrogens is 160 g/mol. The zero-order valence-corrected chi connectivity index (χ0v) is 7.99. The van der Waals surface area contributed by atoms with Crippen molar-refractivity contribution >= 4 is 9.84 Å². The SMILES string of the molecule is [CH2]CCS(=O)(=O)CCCCC. The largest absolute Gasteiger partial charge is 0.229 e. The van der Waals surface area contributed by atoms with Gasteiger partial charge in [-0.1, -0.05) is 26.7 Å². The zero-order chi connectivity index (χ0) is 8.74. The Morgan fingerprint density at radius 2 is 1.82 bits per heavy atom. The van der Waals surface area contributed by atoms with E-state index in [1.807, 2.05) is 0 Å². The molecule has 0 fully saturated rings.